The summed E-state index contributed by atoms with van der Waals surface area (Å²) in [5.41, 5.74) is 3.02. The molecule has 1 fully saturated rings. The van der Waals surface area contributed by atoms with Crippen LogP contribution in [0.1, 0.15) is 24.0 Å². The Morgan fingerprint density at radius 2 is 1.95 bits per heavy atom. The normalized spacial score (nSPS) is 19.4. The molecule has 0 atom stereocenters. The minimum Gasteiger partial charge on any atom is -0.493 e. The molecule has 1 heterocycles. The van der Waals surface area contributed by atoms with Gasteiger partial charge in [0.15, 0.2) is 0 Å². The number of morpholine rings is 1. The Labute approximate surface area is 115 Å². The molecule has 3 nitrogen and oxygen atoms in total. The van der Waals surface area contributed by atoms with Crippen LogP contribution in [0.3, 0.4) is 0 Å². The monoisotopic (exact) mass is 262 g/mol. The van der Waals surface area contributed by atoms with Crippen molar-refractivity contribution in [2.75, 3.05) is 39.5 Å². The summed E-state index contributed by atoms with van der Waals surface area (Å²) in [6, 6.07) is 6.61. The molecular weight excluding hydrogens is 238 g/mol. The zero-order valence-electron chi connectivity index (χ0n) is 11.6. The van der Waals surface area contributed by atoms with Crippen molar-refractivity contribution in [1.82, 2.24) is 0 Å². The van der Waals surface area contributed by atoms with Crippen molar-refractivity contribution in [3.8, 4) is 5.75 Å². The summed E-state index contributed by atoms with van der Waals surface area (Å²) in [6.07, 6.45) is 4.91. The van der Waals surface area contributed by atoms with E-state index in [0.29, 0.717) is 0 Å². The summed E-state index contributed by atoms with van der Waals surface area (Å²) in [7, 11) is 0. The van der Waals surface area contributed by atoms with Gasteiger partial charge in [0, 0.05) is 6.42 Å². The highest BCUT2D eigenvalue weighted by Crippen LogP contribution is 2.25. The molecule has 1 aliphatic carbocycles. The van der Waals surface area contributed by atoms with Crippen molar-refractivity contribution in [2.24, 2.45) is 0 Å². The van der Waals surface area contributed by atoms with Crippen LogP contribution in [0.2, 0.25) is 0 Å². The van der Waals surface area contributed by atoms with Gasteiger partial charge in [0.25, 0.3) is 0 Å². The Kier molecular flexibility index (Phi) is 4.36. The first-order valence-electron chi connectivity index (χ1n) is 7.58. The van der Waals surface area contributed by atoms with Gasteiger partial charge in [0.1, 0.15) is 18.8 Å². The number of aryl methyl sites for hydroxylation is 2. The van der Waals surface area contributed by atoms with E-state index >= 15 is 0 Å². The lowest BCUT2D eigenvalue weighted by Gasteiger charge is -2.23. The van der Waals surface area contributed by atoms with E-state index in [4.69, 9.17) is 9.47 Å². The molecule has 0 spiro atoms. The Morgan fingerprint density at radius 1 is 1.11 bits per heavy atom. The Morgan fingerprint density at radius 3 is 2.84 bits per heavy atom. The first kappa shape index (κ1) is 12.9. The molecule has 0 saturated carbocycles. The van der Waals surface area contributed by atoms with Crippen LogP contribution in [0.4, 0.5) is 0 Å². The van der Waals surface area contributed by atoms with Crippen molar-refractivity contribution in [2.45, 2.75) is 25.7 Å². The summed E-state index contributed by atoms with van der Waals surface area (Å²) in [5, 5.41) is 0. The van der Waals surface area contributed by atoms with Gasteiger partial charge in [-0.05, 0) is 42.5 Å². The van der Waals surface area contributed by atoms with Gasteiger partial charge in [-0.3, -0.25) is 0 Å². The lowest BCUT2D eigenvalue weighted by atomic mass is 10.1. The first-order valence-corrected chi connectivity index (χ1v) is 7.58. The average molecular weight is 262 g/mol. The summed E-state index contributed by atoms with van der Waals surface area (Å²) in [5.74, 6) is 1.05. The van der Waals surface area contributed by atoms with Gasteiger partial charge in [-0.15, -0.1) is 0 Å². The van der Waals surface area contributed by atoms with Gasteiger partial charge in [-0.25, -0.2) is 0 Å². The third kappa shape index (κ3) is 3.48. The largest absolute Gasteiger partial charge is 0.493 e. The number of fused-ring (bicyclic) bond motifs is 1. The van der Waals surface area contributed by atoms with E-state index in [2.05, 4.69) is 18.2 Å². The topological polar surface area (TPSA) is 22.9 Å². The molecule has 0 aromatic heterocycles. The predicted molar refractivity (Wildman–Crippen MR) is 75.0 cm³/mol. The fraction of sp³-hybridized carbons (Fsp3) is 0.625. The van der Waals surface area contributed by atoms with Crippen LogP contribution in [0.15, 0.2) is 18.2 Å². The molecular formula is C16H24NO2+. The van der Waals surface area contributed by atoms with Crippen molar-refractivity contribution < 1.29 is 14.4 Å². The van der Waals surface area contributed by atoms with E-state index in [1.54, 1.807) is 4.90 Å². The lowest BCUT2D eigenvalue weighted by Crippen LogP contribution is -3.14. The fourth-order valence-electron chi connectivity index (χ4n) is 3.06. The molecule has 0 unspecified atom stereocenters. The molecule has 0 bridgehead atoms. The van der Waals surface area contributed by atoms with E-state index in [1.165, 1.54) is 36.9 Å². The number of rotatable bonds is 5. The van der Waals surface area contributed by atoms with Crippen molar-refractivity contribution in [1.29, 1.82) is 0 Å². The van der Waals surface area contributed by atoms with Crippen molar-refractivity contribution >= 4 is 0 Å². The number of nitrogens with one attached hydrogen (secondary N) is 1. The van der Waals surface area contributed by atoms with Gasteiger partial charge in [0.05, 0.1) is 26.4 Å². The average Bonchev–Trinajstić information content (AvgIpc) is 2.92. The minimum atomic E-state index is 0.836. The zero-order valence-corrected chi connectivity index (χ0v) is 11.6. The predicted octanol–water partition coefficient (Wildman–Crippen LogP) is 0.859. The standard InChI is InChI=1S/C16H23NO2/c1-3-14-5-6-16(13-15(14)4-1)19-10-2-7-17-8-11-18-12-9-17/h5-6,13H,1-4,7-12H2/p+1. The van der Waals surface area contributed by atoms with E-state index < -0.39 is 0 Å². The van der Waals surface area contributed by atoms with E-state index in [-0.39, 0.29) is 0 Å². The third-order valence-electron chi connectivity index (χ3n) is 4.21. The molecule has 0 amide bonds. The maximum absolute atomic E-state index is 5.88. The maximum Gasteiger partial charge on any atom is 0.119 e. The number of benzene rings is 1. The number of ether oxygens (including phenoxy) is 2. The first-order chi connectivity index (χ1) is 9.42. The summed E-state index contributed by atoms with van der Waals surface area (Å²) >= 11 is 0. The molecule has 3 rings (SSSR count). The second kappa shape index (κ2) is 6.40. The molecule has 1 N–H and O–H groups in total. The van der Waals surface area contributed by atoms with Gasteiger partial charge in [-0.2, -0.15) is 0 Å². The van der Waals surface area contributed by atoms with Crippen LogP contribution in [0.25, 0.3) is 0 Å². The van der Waals surface area contributed by atoms with Crippen LogP contribution in [0, 0.1) is 0 Å². The van der Waals surface area contributed by atoms with Crippen molar-refractivity contribution in [3.63, 3.8) is 0 Å². The smallest absolute Gasteiger partial charge is 0.119 e. The second-order valence-electron chi connectivity index (χ2n) is 5.60. The van der Waals surface area contributed by atoms with Crippen LogP contribution < -0.4 is 9.64 Å². The molecule has 1 aromatic rings. The van der Waals surface area contributed by atoms with Gasteiger partial charge in [0.2, 0.25) is 0 Å². The molecule has 1 aliphatic heterocycles. The highest BCUT2D eigenvalue weighted by Gasteiger charge is 2.13. The maximum atomic E-state index is 5.88. The summed E-state index contributed by atoms with van der Waals surface area (Å²) < 4.78 is 11.2. The second-order valence-corrected chi connectivity index (χ2v) is 5.60. The summed E-state index contributed by atoms with van der Waals surface area (Å²) in [6.45, 7) is 6.18. The number of hydrogen-bond donors (Lipinski definition) is 1. The van der Waals surface area contributed by atoms with E-state index in [0.717, 1.165) is 45.1 Å². The quantitative estimate of drug-likeness (QED) is 0.795. The van der Waals surface area contributed by atoms with Crippen LogP contribution >= 0.6 is 0 Å². The summed E-state index contributed by atoms with van der Waals surface area (Å²) in [4.78, 5) is 1.66. The van der Waals surface area contributed by atoms with Crippen LogP contribution in [-0.4, -0.2) is 39.5 Å². The van der Waals surface area contributed by atoms with E-state index in [9.17, 15) is 0 Å². The van der Waals surface area contributed by atoms with Gasteiger partial charge < -0.3 is 14.4 Å². The molecule has 2 aliphatic rings. The van der Waals surface area contributed by atoms with Crippen LogP contribution in [0.5, 0.6) is 5.75 Å². The van der Waals surface area contributed by atoms with Gasteiger partial charge >= 0.3 is 0 Å². The lowest BCUT2D eigenvalue weighted by molar-refractivity contribution is -0.908. The highest BCUT2D eigenvalue weighted by molar-refractivity contribution is 5.38. The van der Waals surface area contributed by atoms with Crippen LogP contribution in [-0.2, 0) is 17.6 Å². The molecule has 104 valence electrons. The fourth-order valence-corrected chi connectivity index (χ4v) is 3.06. The van der Waals surface area contributed by atoms with Crippen molar-refractivity contribution in [3.05, 3.63) is 29.3 Å². The third-order valence-corrected chi connectivity index (χ3v) is 4.21. The Balaban J connectivity index is 1.40. The van der Waals surface area contributed by atoms with E-state index in [1.807, 2.05) is 0 Å². The number of hydrogen-bond acceptors (Lipinski definition) is 2. The Hall–Kier alpha value is -1.06. The Bertz CT molecular complexity index is 413. The zero-order chi connectivity index (χ0) is 12.9. The molecule has 0 radical (unpaired) electrons. The molecule has 1 saturated heterocycles. The molecule has 1 aromatic carbocycles. The number of quaternary nitrogens is 1. The van der Waals surface area contributed by atoms with Gasteiger partial charge in [-0.1, -0.05) is 6.07 Å². The SMILES string of the molecule is c1cc2c(cc1OCCC[NH+]1CCOCC1)CCC2. The molecule has 19 heavy (non-hydrogen) atoms. The minimum absolute atomic E-state index is 0.836. The molecule has 3 heteroatoms. The highest BCUT2D eigenvalue weighted by atomic mass is 16.5.